The van der Waals surface area contributed by atoms with E-state index in [1.165, 1.54) is 4.90 Å². The molecule has 2 amide bonds. The third-order valence-electron chi connectivity index (χ3n) is 6.72. The van der Waals surface area contributed by atoms with Crippen molar-refractivity contribution in [3.8, 4) is 0 Å². The van der Waals surface area contributed by atoms with Crippen molar-refractivity contribution in [2.24, 2.45) is 5.92 Å². The lowest BCUT2D eigenvalue weighted by molar-refractivity contribution is -0.140. The monoisotopic (exact) mass is 641 g/mol. The van der Waals surface area contributed by atoms with Gasteiger partial charge in [-0.05, 0) is 52.8 Å². The third kappa shape index (κ3) is 9.71. The fourth-order valence-corrected chi connectivity index (χ4v) is 5.74. The normalized spacial score (nSPS) is 12.3. The minimum atomic E-state index is -3.81. The Hall–Kier alpha value is -3.17. The maximum Gasteiger partial charge on any atom is 0.244 e. The van der Waals surface area contributed by atoms with Gasteiger partial charge in [-0.15, -0.1) is 0 Å². The Balaban J connectivity index is 2.04. The van der Waals surface area contributed by atoms with E-state index in [4.69, 9.17) is 0 Å². The van der Waals surface area contributed by atoms with Crippen LogP contribution in [0.1, 0.15) is 50.3 Å². The van der Waals surface area contributed by atoms with Crippen molar-refractivity contribution in [3.05, 3.63) is 100 Å². The second-order valence-electron chi connectivity index (χ2n) is 11.0. The van der Waals surface area contributed by atoms with E-state index >= 15 is 0 Å². The number of benzene rings is 3. The minimum absolute atomic E-state index is 0.134. The molecule has 3 aromatic carbocycles. The summed E-state index contributed by atoms with van der Waals surface area (Å²) in [5, 5.41) is 2.99. The second-order valence-corrected chi connectivity index (χ2v) is 13.8. The van der Waals surface area contributed by atoms with Crippen molar-refractivity contribution in [3.63, 3.8) is 0 Å². The molecule has 1 N–H and O–H groups in total. The van der Waals surface area contributed by atoms with Crippen molar-refractivity contribution in [2.75, 3.05) is 23.7 Å². The number of carbonyl (C=O) groups is 2. The van der Waals surface area contributed by atoms with E-state index in [0.29, 0.717) is 12.2 Å². The van der Waals surface area contributed by atoms with E-state index in [0.717, 1.165) is 31.7 Å². The zero-order chi connectivity index (χ0) is 30.2. The Morgan fingerprint density at radius 1 is 0.878 bits per heavy atom. The number of carbonyl (C=O) groups excluding carboxylic acids is 2. The summed E-state index contributed by atoms with van der Waals surface area (Å²) in [6, 6.07) is 23.4. The molecule has 0 saturated carbocycles. The maximum absolute atomic E-state index is 14.1. The van der Waals surface area contributed by atoms with Gasteiger partial charge in [0.05, 0.1) is 11.9 Å². The first-order chi connectivity index (χ1) is 19.3. The van der Waals surface area contributed by atoms with Crippen LogP contribution >= 0.6 is 15.9 Å². The Kier molecular flexibility index (Phi) is 11.5. The first-order valence-electron chi connectivity index (χ1n) is 13.8. The zero-order valence-corrected chi connectivity index (χ0v) is 26.8. The lowest BCUT2D eigenvalue weighted by Gasteiger charge is -2.33. The van der Waals surface area contributed by atoms with Gasteiger partial charge in [0.15, 0.2) is 0 Å². The SMILES string of the molecule is CC(C)CNC(=O)C(Cc1ccccc1)N(Cc1cccc(Br)c1)C(=O)CN(c1ccc(C(C)C)cc1)S(C)(=O)=O. The lowest BCUT2D eigenvalue weighted by Crippen LogP contribution is -2.53. The predicted octanol–water partition coefficient (Wildman–Crippen LogP) is 5.75. The van der Waals surface area contributed by atoms with Crippen molar-refractivity contribution in [1.29, 1.82) is 0 Å². The Bertz CT molecular complexity index is 1410. The van der Waals surface area contributed by atoms with Crippen LogP contribution in [0, 0.1) is 5.92 Å². The molecule has 0 fully saturated rings. The van der Waals surface area contributed by atoms with E-state index < -0.39 is 28.5 Å². The fraction of sp³-hybridized carbons (Fsp3) is 0.375. The highest BCUT2D eigenvalue weighted by Gasteiger charge is 2.33. The average Bonchev–Trinajstić information content (AvgIpc) is 2.92. The molecule has 0 radical (unpaired) electrons. The number of rotatable bonds is 13. The topological polar surface area (TPSA) is 86.8 Å². The molecule has 3 aromatic rings. The van der Waals surface area contributed by atoms with Crippen molar-refractivity contribution >= 4 is 43.5 Å². The minimum Gasteiger partial charge on any atom is -0.354 e. The summed E-state index contributed by atoms with van der Waals surface area (Å²) < 4.78 is 27.9. The van der Waals surface area contributed by atoms with Crippen LogP contribution in [0.25, 0.3) is 0 Å². The molecule has 220 valence electrons. The Morgan fingerprint density at radius 3 is 2.07 bits per heavy atom. The highest BCUT2D eigenvalue weighted by Crippen LogP contribution is 2.24. The van der Waals surface area contributed by atoms with Gasteiger partial charge in [-0.25, -0.2) is 8.42 Å². The summed E-state index contributed by atoms with van der Waals surface area (Å²) in [5.41, 5.74) is 3.18. The van der Waals surface area contributed by atoms with Crippen LogP contribution in [0.3, 0.4) is 0 Å². The van der Waals surface area contributed by atoms with E-state index in [-0.39, 0.29) is 30.7 Å². The van der Waals surface area contributed by atoms with E-state index in [1.54, 1.807) is 12.1 Å². The number of hydrogen-bond donors (Lipinski definition) is 1. The third-order valence-corrected chi connectivity index (χ3v) is 8.36. The van der Waals surface area contributed by atoms with Gasteiger partial charge in [0.1, 0.15) is 12.6 Å². The second kappa shape index (κ2) is 14.6. The van der Waals surface area contributed by atoms with Gasteiger partial charge in [-0.3, -0.25) is 13.9 Å². The summed E-state index contributed by atoms with van der Waals surface area (Å²) in [4.78, 5) is 29.3. The lowest BCUT2D eigenvalue weighted by atomic mass is 10.0. The molecule has 41 heavy (non-hydrogen) atoms. The summed E-state index contributed by atoms with van der Waals surface area (Å²) >= 11 is 3.49. The van der Waals surface area contributed by atoms with E-state index in [2.05, 4.69) is 35.1 Å². The molecule has 3 rings (SSSR count). The van der Waals surface area contributed by atoms with Crippen LogP contribution in [0.2, 0.25) is 0 Å². The Labute approximate surface area is 253 Å². The number of anilines is 1. The van der Waals surface area contributed by atoms with Crippen molar-refractivity contribution in [1.82, 2.24) is 10.2 Å². The molecule has 0 heterocycles. The zero-order valence-electron chi connectivity index (χ0n) is 24.4. The standard InChI is InChI=1S/C32H40BrN3O4S/c1-23(2)20-34-32(38)30(19-25-10-7-6-8-11-25)35(21-26-12-9-13-28(33)18-26)31(37)22-36(41(5,39)40)29-16-14-27(15-17-29)24(3)4/h6-18,23-24,30H,19-22H2,1-5H3,(H,34,38). The van der Waals surface area contributed by atoms with Crippen LogP contribution in [0.5, 0.6) is 0 Å². The number of nitrogens with zero attached hydrogens (tertiary/aromatic N) is 2. The van der Waals surface area contributed by atoms with Crippen LogP contribution in [0.4, 0.5) is 5.69 Å². The molecular weight excluding hydrogens is 602 g/mol. The van der Waals surface area contributed by atoms with Crippen LogP contribution in [-0.2, 0) is 32.6 Å². The predicted molar refractivity (Wildman–Crippen MR) is 169 cm³/mol. The maximum atomic E-state index is 14.1. The van der Waals surface area contributed by atoms with Crippen LogP contribution in [-0.4, -0.2) is 50.5 Å². The molecule has 0 spiro atoms. The van der Waals surface area contributed by atoms with Gasteiger partial charge in [-0.2, -0.15) is 0 Å². The average molecular weight is 643 g/mol. The number of nitrogens with one attached hydrogen (secondary N) is 1. The van der Waals surface area contributed by atoms with Gasteiger partial charge in [0.2, 0.25) is 21.8 Å². The van der Waals surface area contributed by atoms with Gasteiger partial charge in [0, 0.05) is 24.0 Å². The smallest absolute Gasteiger partial charge is 0.244 e. The number of sulfonamides is 1. The molecule has 0 aliphatic heterocycles. The number of amides is 2. The van der Waals surface area contributed by atoms with Gasteiger partial charge in [-0.1, -0.05) is 98.2 Å². The summed E-state index contributed by atoms with van der Waals surface area (Å²) in [7, 11) is -3.81. The van der Waals surface area contributed by atoms with Crippen LogP contribution in [0.15, 0.2) is 83.3 Å². The molecule has 9 heteroatoms. The highest BCUT2D eigenvalue weighted by atomic mass is 79.9. The molecule has 0 aliphatic carbocycles. The molecule has 7 nitrogen and oxygen atoms in total. The first kappa shape index (κ1) is 32.3. The van der Waals surface area contributed by atoms with Crippen molar-refractivity contribution < 1.29 is 18.0 Å². The Morgan fingerprint density at radius 2 is 1.51 bits per heavy atom. The van der Waals surface area contributed by atoms with E-state index in [9.17, 15) is 18.0 Å². The number of halogens is 1. The fourth-order valence-electron chi connectivity index (χ4n) is 4.45. The largest absolute Gasteiger partial charge is 0.354 e. The van der Waals surface area contributed by atoms with Gasteiger partial charge >= 0.3 is 0 Å². The molecule has 1 unspecified atom stereocenters. The molecular formula is C32H40BrN3O4S. The van der Waals surface area contributed by atoms with Crippen molar-refractivity contribution in [2.45, 2.75) is 52.6 Å². The molecule has 0 aromatic heterocycles. The highest BCUT2D eigenvalue weighted by molar-refractivity contribution is 9.10. The molecule has 0 aliphatic rings. The first-order valence-corrected chi connectivity index (χ1v) is 16.4. The molecule has 0 saturated heterocycles. The summed E-state index contributed by atoms with van der Waals surface area (Å²) in [5.74, 6) is -0.247. The van der Waals surface area contributed by atoms with Gasteiger partial charge in [0.25, 0.3) is 0 Å². The van der Waals surface area contributed by atoms with E-state index in [1.807, 2.05) is 80.6 Å². The quantitative estimate of drug-likeness (QED) is 0.257. The van der Waals surface area contributed by atoms with Crippen LogP contribution < -0.4 is 9.62 Å². The number of hydrogen-bond acceptors (Lipinski definition) is 4. The summed E-state index contributed by atoms with van der Waals surface area (Å²) in [6.07, 6.45) is 1.37. The molecule has 1 atom stereocenters. The molecule has 0 bridgehead atoms. The van der Waals surface area contributed by atoms with Gasteiger partial charge < -0.3 is 10.2 Å². The summed E-state index contributed by atoms with van der Waals surface area (Å²) in [6.45, 7) is 8.29.